The quantitative estimate of drug-likeness (QED) is 0.602. The molecule has 2 aromatic rings. The third-order valence-corrected chi connectivity index (χ3v) is 4.33. The molecule has 0 spiro atoms. The van der Waals surface area contributed by atoms with E-state index in [-0.39, 0.29) is 11.4 Å². The Bertz CT molecular complexity index is 789. The van der Waals surface area contributed by atoms with Crippen LogP contribution in [0.25, 0.3) is 0 Å². The van der Waals surface area contributed by atoms with Gasteiger partial charge in [-0.2, -0.15) is 0 Å². The van der Waals surface area contributed by atoms with Crippen LogP contribution in [-0.2, 0) is 17.8 Å². The smallest absolute Gasteiger partial charge is 0.319 e. The number of nitro groups is 1. The fourth-order valence-corrected chi connectivity index (χ4v) is 2.87. The van der Waals surface area contributed by atoms with Gasteiger partial charge in [0.05, 0.1) is 18.1 Å². The third-order valence-electron chi connectivity index (χ3n) is 4.33. The molecule has 0 bridgehead atoms. The maximum Gasteiger partial charge on any atom is 0.319 e. The normalized spacial score (nSPS) is 14.5. The number of morpholine rings is 1. The van der Waals surface area contributed by atoms with Crippen molar-refractivity contribution in [3.05, 3.63) is 69.8 Å². The highest BCUT2D eigenvalue weighted by Crippen LogP contribution is 2.22. The van der Waals surface area contributed by atoms with E-state index in [1.165, 1.54) is 17.7 Å². The number of hydrogen-bond acceptors (Lipinski definition) is 5. The van der Waals surface area contributed by atoms with E-state index >= 15 is 0 Å². The number of anilines is 1. The Hall–Kier alpha value is -2.97. The highest BCUT2D eigenvalue weighted by molar-refractivity contribution is 5.91. The molecule has 1 heterocycles. The Kier molecular flexibility index (Phi) is 6.35. The van der Waals surface area contributed by atoms with Gasteiger partial charge in [-0.15, -0.1) is 0 Å². The van der Waals surface area contributed by atoms with Crippen molar-refractivity contribution in [1.29, 1.82) is 0 Å². The van der Waals surface area contributed by atoms with Gasteiger partial charge in [-0.05, 0) is 17.2 Å². The second-order valence-electron chi connectivity index (χ2n) is 6.29. The van der Waals surface area contributed by atoms with Crippen LogP contribution in [-0.4, -0.2) is 42.2 Å². The molecule has 8 nitrogen and oxygen atoms in total. The second kappa shape index (κ2) is 9.11. The van der Waals surface area contributed by atoms with Gasteiger partial charge < -0.3 is 15.4 Å². The van der Waals surface area contributed by atoms with Crippen molar-refractivity contribution in [2.24, 2.45) is 0 Å². The molecule has 0 radical (unpaired) electrons. The van der Waals surface area contributed by atoms with Crippen LogP contribution in [0.15, 0.2) is 48.5 Å². The number of carbonyl (C=O) groups excluding carboxylic acids is 1. The van der Waals surface area contributed by atoms with Crippen molar-refractivity contribution in [2.75, 3.05) is 31.6 Å². The van der Waals surface area contributed by atoms with Crippen molar-refractivity contribution in [3.63, 3.8) is 0 Å². The third kappa shape index (κ3) is 5.50. The molecule has 1 saturated heterocycles. The predicted octanol–water partition coefficient (Wildman–Crippen LogP) is 2.75. The summed E-state index contributed by atoms with van der Waals surface area (Å²) in [5, 5.41) is 16.2. The van der Waals surface area contributed by atoms with Crippen molar-refractivity contribution < 1.29 is 14.5 Å². The van der Waals surface area contributed by atoms with Crippen LogP contribution in [0.2, 0.25) is 0 Å². The van der Waals surface area contributed by atoms with Crippen molar-refractivity contribution in [3.8, 4) is 0 Å². The minimum Gasteiger partial charge on any atom is -0.379 e. The summed E-state index contributed by atoms with van der Waals surface area (Å²) < 4.78 is 5.35. The molecule has 0 aromatic heterocycles. The minimum absolute atomic E-state index is 0.139. The number of benzene rings is 2. The number of ether oxygens (including phenoxy) is 1. The van der Waals surface area contributed by atoms with Gasteiger partial charge in [-0.25, -0.2) is 4.79 Å². The maximum absolute atomic E-state index is 12.0. The van der Waals surface area contributed by atoms with E-state index in [1.54, 1.807) is 12.1 Å². The van der Waals surface area contributed by atoms with E-state index in [9.17, 15) is 14.9 Å². The van der Waals surface area contributed by atoms with Crippen LogP contribution in [0.3, 0.4) is 0 Å². The van der Waals surface area contributed by atoms with Crippen LogP contribution in [0.5, 0.6) is 0 Å². The molecule has 0 aliphatic carbocycles. The van der Waals surface area contributed by atoms with E-state index in [0.717, 1.165) is 38.4 Å². The molecule has 8 heteroatoms. The zero-order valence-corrected chi connectivity index (χ0v) is 14.9. The van der Waals surface area contributed by atoms with E-state index in [0.29, 0.717) is 6.54 Å². The summed E-state index contributed by atoms with van der Waals surface area (Å²) in [4.78, 5) is 24.8. The molecule has 142 valence electrons. The average Bonchev–Trinajstić information content (AvgIpc) is 2.68. The van der Waals surface area contributed by atoms with Gasteiger partial charge in [0.1, 0.15) is 5.69 Å². The van der Waals surface area contributed by atoms with Crippen LogP contribution in [0, 0.1) is 10.1 Å². The molecule has 0 unspecified atom stereocenters. The molecular formula is C19H22N4O4. The molecule has 3 rings (SSSR count). The number of nitrogens with one attached hydrogen (secondary N) is 2. The maximum atomic E-state index is 12.0. The fraction of sp³-hybridized carbons (Fsp3) is 0.316. The van der Waals surface area contributed by atoms with Gasteiger partial charge >= 0.3 is 6.03 Å². The lowest BCUT2D eigenvalue weighted by Gasteiger charge is -2.26. The van der Waals surface area contributed by atoms with Crippen LogP contribution >= 0.6 is 0 Å². The summed E-state index contributed by atoms with van der Waals surface area (Å²) in [7, 11) is 0. The minimum atomic E-state index is -0.525. The van der Waals surface area contributed by atoms with Gasteiger partial charge in [-0.3, -0.25) is 15.0 Å². The molecule has 27 heavy (non-hydrogen) atoms. The number of hydrogen-bond donors (Lipinski definition) is 2. The zero-order valence-electron chi connectivity index (χ0n) is 14.9. The number of carbonyl (C=O) groups is 1. The Morgan fingerprint density at radius 2 is 1.74 bits per heavy atom. The second-order valence-corrected chi connectivity index (χ2v) is 6.29. The lowest BCUT2D eigenvalue weighted by molar-refractivity contribution is -0.383. The van der Waals surface area contributed by atoms with Crippen LogP contribution in [0.4, 0.5) is 16.2 Å². The predicted molar refractivity (Wildman–Crippen MR) is 101 cm³/mol. The number of amides is 2. The van der Waals surface area contributed by atoms with Crippen LogP contribution in [0.1, 0.15) is 11.1 Å². The Labute approximate surface area is 157 Å². The molecule has 2 aromatic carbocycles. The molecule has 1 fully saturated rings. The summed E-state index contributed by atoms with van der Waals surface area (Å²) in [6, 6.07) is 13.6. The van der Waals surface area contributed by atoms with Crippen molar-refractivity contribution in [2.45, 2.75) is 13.1 Å². The highest BCUT2D eigenvalue weighted by atomic mass is 16.6. The molecule has 1 aliphatic rings. The van der Waals surface area contributed by atoms with E-state index in [2.05, 4.69) is 15.5 Å². The summed E-state index contributed by atoms with van der Waals surface area (Å²) in [5.41, 5.74) is 2.20. The molecule has 0 atom stereocenters. The standard InChI is InChI=1S/C19H22N4O4/c24-19(21-17-3-1-2-4-18(17)23(25)26)20-13-15-5-7-16(8-6-15)14-22-9-11-27-12-10-22/h1-8H,9-14H2,(H2,20,21,24). The molecule has 2 N–H and O–H groups in total. The molecule has 1 aliphatic heterocycles. The van der Waals surface area contributed by atoms with E-state index < -0.39 is 11.0 Å². The van der Waals surface area contributed by atoms with Crippen molar-refractivity contribution >= 4 is 17.4 Å². The van der Waals surface area contributed by atoms with Gasteiger partial charge in [0, 0.05) is 32.2 Å². The monoisotopic (exact) mass is 370 g/mol. The highest BCUT2D eigenvalue weighted by Gasteiger charge is 2.14. The first-order valence-electron chi connectivity index (χ1n) is 8.78. The van der Waals surface area contributed by atoms with Gasteiger partial charge in [-0.1, -0.05) is 36.4 Å². The summed E-state index contributed by atoms with van der Waals surface area (Å²) in [6.07, 6.45) is 0. The first kappa shape index (κ1) is 18.8. The lowest BCUT2D eigenvalue weighted by Crippen LogP contribution is -2.35. The van der Waals surface area contributed by atoms with Gasteiger partial charge in [0.2, 0.25) is 0 Å². The average molecular weight is 370 g/mol. The topological polar surface area (TPSA) is 96.7 Å². The summed E-state index contributed by atoms with van der Waals surface area (Å²) in [5.74, 6) is 0. The first-order valence-corrected chi connectivity index (χ1v) is 8.78. The number of nitrogens with zero attached hydrogens (tertiary/aromatic N) is 2. The van der Waals surface area contributed by atoms with E-state index in [4.69, 9.17) is 4.74 Å². The fourth-order valence-electron chi connectivity index (χ4n) is 2.87. The molecule has 2 amide bonds. The first-order chi connectivity index (χ1) is 13.1. The van der Waals surface area contributed by atoms with Crippen molar-refractivity contribution in [1.82, 2.24) is 10.2 Å². The number of nitro benzene ring substituents is 1. The number of rotatable bonds is 6. The zero-order chi connectivity index (χ0) is 19.1. The lowest BCUT2D eigenvalue weighted by atomic mass is 10.1. The largest absolute Gasteiger partial charge is 0.379 e. The molecule has 0 saturated carbocycles. The van der Waals surface area contributed by atoms with Gasteiger partial charge in [0.25, 0.3) is 5.69 Å². The Morgan fingerprint density at radius 1 is 1.07 bits per heavy atom. The summed E-state index contributed by atoms with van der Waals surface area (Å²) >= 11 is 0. The Balaban J connectivity index is 1.49. The SMILES string of the molecule is O=C(NCc1ccc(CN2CCOCC2)cc1)Nc1ccccc1[N+](=O)[O-]. The number of para-hydroxylation sites is 2. The van der Waals surface area contributed by atoms with E-state index in [1.807, 2.05) is 24.3 Å². The number of urea groups is 1. The molecular weight excluding hydrogens is 348 g/mol. The Morgan fingerprint density at radius 3 is 2.44 bits per heavy atom. The summed E-state index contributed by atoms with van der Waals surface area (Å²) in [6.45, 7) is 4.65. The van der Waals surface area contributed by atoms with Gasteiger partial charge in [0.15, 0.2) is 0 Å². The van der Waals surface area contributed by atoms with Crippen LogP contribution < -0.4 is 10.6 Å².